The summed E-state index contributed by atoms with van der Waals surface area (Å²) >= 11 is 0. The Balaban J connectivity index is 2.10. The van der Waals surface area contributed by atoms with E-state index in [1.54, 1.807) is 36.4 Å². The fraction of sp³-hybridized carbons (Fsp3) is 0.238. The molecule has 5 heteroatoms. The number of hydrogen-bond donors (Lipinski definition) is 1. The van der Waals surface area contributed by atoms with Gasteiger partial charge in [-0.05, 0) is 61.4 Å². The average molecular weight is 350 g/mol. The zero-order chi connectivity index (χ0) is 18.8. The van der Waals surface area contributed by atoms with Crippen molar-refractivity contribution in [3.63, 3.8) is 0 Å². The highest BCUT2D eigenvalue weighted by Gasteiger charge is 2.10. The molecule has 2 aromatic rings. The van der Waals surface area contributed by atoms with Gasteiger partial charge in [0.25, 0.3) is 5.91 Å². The summed E-state index contributed by atoms with van der Waals surface area (Å²) in [6.07, 6.45) is 2.46. The Bertz CT molecular complexity index is 805. The maximum absolute atomic E-state index is 12.4. The molecule has 0 aliphatic rings. The molecule has 0 bridgehead atoms. The molecule has 2 rings (SSSR count). The topological polar surface area (TPSA) is 71.3 Å². The molecular formula is C21H22N2O3. The number of carbonyl (C=O) groups excluding carboxylic acids is 1. The van der Waals surface area contributed by atoms with Gasteiger partial charge in [-0.1, -0.05) is 19.1 Å². The molecule has 0 fully saturated rings. The third-order valence-electron chi connectivity index (χ3n) is 3.43. The number of carbonyl (C=O) groups is 1. The van der Waals surface area contributed by atoms with Crippen molar-refractivity contribution in [3.05, 3.63) is 59.7 Å². The van der Waals surface area contributed by atoms with E-state index in [2.05, 4.69) is 5.32 Å². The molecule has 0 spiro atoms. The molecule has 26 heavy (non-hydrogen) atoms. The molecule has 0 atom stereocenters. The summed E-state index contributed by atoms with van der Waals surface area (Å²) in [5, 5.41) is 12.0. The molecular weight excluding hydrogens is 328 g/mol. The highest BCUT2D eigenvalue weighted by molar-refractivity contribution is 6.09. The van der Waals surface area contributed by atoms with Crippen molar-refractivity contribution in [1.29, 1.82) is 5.26 Å². The maximum Gasteiger partial charge on any atom is 0.266 e. The van der Waals surface area contributed by atoms with Crippen LogP contribution < -0.4 is 14.8 Å². The van der Waals surface area contributed by atoms with Gasteiger partial charge in [0, 0.05) is 5.69 Å². The van der Waals surface area contributed by atoms with Crippen LogP contribution in [0.5, 0.6) is 11.5 Å². The number of rotatable bonds is 8. The maximum atomic E-state index is 12.4. The summed E-state index contributed by atoms with van der Waals surface area (Å²) in [4.78, 5) is 12.4. The minimum atomic E-state index is -0.462. The van der Waals surface area contributed by atoms with Gasteiger partial charge in [0.2, 0.25) is 0 Å². The van der Waals surface area contributed by atoms with E-state index in [0.29, 0.717) is 24.7 Å². The van der Waals surface area contributed by atoms with Gasteiger partial charge in [0.15, 0.2) is 0 Å². The van der Waals surface area contributed by atoms with E-state index in [4.69, 9.17) is 9.47 Å². The van der Waals surface area contributed by atoms with Crippen LogP contribution in [0.4, 0.5) is 5.69 Å². The largest absolute Gasteiger partial charge is 0.494 e. The molecule has 0 aliphatic carbocycles. The van der Waals surface area contributed by atoms with Gasteiger partial charge >= 0.3 is 0 Å². The summed E-state index contributed by atoms with van der Waals surface area (Å²) in [6.45, 7) is 5.13. The van der Waals surface area contributed by atoms with Crippen LogP contribution in [0.2, 0.25) is 0 Å². The van der Waals surface area contributed by atoms with Gasteiger partial charge in [0.05, 0.1) is 13.2 Å². The van der Waals surface area contributed by atoms with Crippen molar-refractivity contribution in [3.8, 4) is 17.6 Å². The van der Waals surface area contributed by atoms with E-state index < -0.39 is 5.91 Å². The summed E-state index contributed by atoms with van der Waals surface area (Å²) in [5.74, 6) is 0.979. The zero-order valence-corrected chi connectivity index (χ0v) is 15.0. The van der Waals surface area contributed by atoms with Gasteiger partial charge in [-0.2, -0.15) is 5.26 Å². The second-order valence-electron chi connectivity index (χ2n) is 5.50. The van der Waals surface area contributed by atoms with Crippen LogP contribution in [0.15, 0.2) is 54.1 Å². The first-order chi connectivity index (χ1) is 12.7. The highest BCUT2D eigenvalue weighted by Crippen LogP contribution is 2.18. The molecule has 1 amide bonds. The Labute approximate surface area is 153 Å². The lowest BCUT2D eigenvalue weighted by Crippen LogP contribution is -2.13. The van der Waals surface area contributed by atoms with Crippen LogP contribution in [0.3, 0.4) is 0 Å². The monoisotopic (exact) mass is 350 g/mol. The predicted molar refractivity (Wildman–Crippen MR) is 102 cm³/mol. The fourth-order valence-corrected chi connectivity index (χ4v) is 2.23. The number of ether oxygens (including phenoxy) is 2. The van der Waals surface area contributed by atoms with E-state index in [0.717, 1.165) is 17.7 Å². The number of hydrogen-bond acceptors (Lipinski definition) is 4. The first-order valence-corrected chi connectivity index (χ1v) is 8.55. The molecule has 0 saturated heterocycles. The molecule has 134 valence electrons. The van der Waals surface area contributed by atoms with Crippen molar-refractivity contribution in [2.45, 2.75) is 20.3 Å². The van der Waals surface area contributed by atoms with E-state index in [-0.39, 0.29) is 5.57 Å². The normalized spacial score (nSPS) is 10.7. The Kier molecular flexibility index (Phi) is 7.26. The van der Waals surface area contributed by atoms with E-state index in [9.17, 15) is 10.1 Å². The first-order valence-electron chi connectivity index (χ1n) is 8.55. The first kappa shape index (κ1) is 19.1. The third kappa shape index (κ3) is 5.67. The molecule has 5 nitrogen and oxygen atoms in total. The van der Waals surface area contributed by atoms with Crippen LogP contribution in [0.25, 0.3) is 6.08 Å². The Morgan fingerprint density at radius 1 is 1.12 bits per heavy atom. The summed E-state index contributed by atoms with van der Waals surface area (Å²) in [5.41, 5.74) is 1.35. The predicted octanol–water partition coefficient (Wildman–Crippen LogP) is 4.42. The van der Waals surface area contributed by atoms with Gasteiger partial charge in [0.1, 0.15) is 23.1 Å². The van der Waals surface area contributed by atoms with Crippen molar-refractivity contribution in [1.82, 2.24) is 0 Å². The lowest BCUT2D eigenvalue weighted by Gasteiger charge is -2.07. The van der Waals surface area contributed by atoms with Crippen LogP contribution >= 0.6 is 0 Å². The SMILES string of the molecule is CCCOc1cccc(/C=C(/C#N)C(=O)Nc2ccc(OCC)cc2)c1. The van der Waals surface area contributed by atoms with Gasteiger partial charge in [-0.25, -0.2) is 0 Å². The van der Waals surface area contributed by atoms with Crippen LogP contribution in [-0.4, -0.2) is 19.1 Å². The Hall–Kier alpha value is -3.26. The molecule has 2 aromatic carbocycles. The number of nitriles is 1. The Morgan fingerprint density at radius 2 is 1.88 bits per heavy atom. The van der Waals surface area contributed by atoms with Crippen LogP contribution in [-0.2, 0) is 4.79 Å². The molecule has 0 saturated carbocycles. The van der Waals surface area contributed by atoms with Gasteiger partial charge < -0.3 is 14.8 Å². The molecule has 0 heterocycles. The summed E-state index contributed by atoms with van der Waals surface area (Å²) < 4.78 is 10.9. The van der Waals surface area contributed by atoms with Crippen LogP contribution in [0.1, 0.15) is 25.8 Å². The van der Waals surface area contributed by atoms with E-state index in [1.807, 2.05) is 38.1 Å². The van der Waals surface area contributed by atoms with E-state index >= 15 is 0 Å². The van der Waals surface area contributed by atoms with Crippen molar-refractivity contribution in [2.24, 2.45) is 0 Å². The lowest BCUT2D eigenvalue weighted by atomic mass is 10.1. The average Bonchev–Trinajstić information content (AvgIpc) is 2.66. The van der Waals surface area contributed by atoms with Crippen LogP contribution in [0, 0.1) is 11.3 Å². The second-order valence-corrected chi connectivity index (χ2v) is 5.50. The molecule has 0 aromatic heterocycles. The van der Waals surface area contributed by atoms with E-state index in [1.165, 1.54) is 0 Å². The number of anilines is 1. The minimum absolute atomic E-state index is 0.0199. The molecule has 0 unspecified atom stereocenters. The fourth-order valence-electron chi connectivity index (χ4n) is 2.23. The van der Waals surface area contributed by atoms with Gasteiger partial charge in [-0.15, -0.1) is 0 Å². The molecule has 0 radical (unpaired) electrons. The third-order valence-corrected chi connectivity index (χ3v) is 3.43. The highest BCUT2D eigenvalue weighted by atomic mass is 16.5. The van der Waals surface area contributed by atoms with Gasteiger partial charge in [-0.3, -0.25) is 4.79 Å². The minimum Gasteiger partial charge on any atom is -0.494 e. The number of nitrogens with zero attached hydrogens (tertiary/aromatic N) is 1. The molecule has 0 aliphatic heterocycles. The number of benzene rings is 2. The smallest absolute Gasteiger partial charge is 0.266 e. The quantitative estimate of drug-likeness (QED) is 0.565. The van der Waals surface area contributed by atoms with Crippen molar-refractivity contribution in [2.75, 3.05) is 18.5 Å². The standard InChI is InChI=1S/C21H22N2O3/c1-3-12-26-20-7-5-6-16(14-20)13-17(15-22)21(24)23-18-8-10-19(11-9-18)25-4-2/h5-11,13-14H,3-4,12H2,1-2H3,(H,23,24)/b17-13-. The zero-order valence-electron chi connectivity index (χ0n) is 15.0. The van der Waals surface area contributed by atoms with Crippen molar-refractivity contribution < 1.29 is 14.3 Å². The lowest BCUT2D eigenvalue weighted by molar-refractivity contribution is -0.112. The summed E-state index contributed by atoms with van der Waals surface area (Å²) in [6, 6.07) is 16.2. The Morgan fingerprint density at radius 3 is 2.54 bits per heavy atom. The van der Waals surface area contributed by atoms with Crippen molar-refractivity contribution >= 4 is 17.7 Å². The number of nitrogens with one attached hydrogen (secondary N) is 1. The number of amides is 1. The second kappa shape index (κ2) is 9.90. The summed E-state index contributed by atoms with van der Waals surface area (Å²) in [7, 11) is 0. The molecule has 1 N–H and O–H groups in total.